The van der Waals surface area contributed by atoms with Gasteiger partial charge in [0.15, 0.2) is 5.79 Å². The molecule has 1 fully saturated rings. The normalized spacial score (nSPS) is 16.0. The third-order valence-corrected chi connectivity index (χ3v) is 7.00. The van der Waals surface area contributed by atoms with Crippen LogP contribution in [-0.4, -0.2) is 65.8 Å². The van der Waals surface area contributed by atoms with Crippen LogP contribution in [0.15, 0.2) is 47.5 Å². The second-order valence-corrected chi connectivity index (χ2v) is 11.0. The Morgan fingerprint density at radius 2 is 1.95 bits per heavy atom. The Hall–Kier alpha value is -3.05. The predicted molar refractivity (Wildman–Crippen MR) is 145 cm³/mol. The number of fused-ring (bicyclic) bond motifs is 1. The molecule has 0 aliphatic carbocycles. The number of carbonyl (C=O) groups excluding carboxylic acids is 2. The number of thiazole rings is 1. The van der Waals surface area contributed by atoms with Crippen LogP contribution in [0, 0.1) is 12.8 Å². The van der Waals surface area contributed by atoms with Crippen molar-refractivity contribution >= 4 is 57.2 Å². The number of aryl methyl sites for hydroxylation is 1. The van der Waals surface area contributed by atoms with Crippen molar-refractivity contribution in [2.45, 2.75) is 33.1 Å². The molecular formula is C26H30ClN5O4S. The number of carbonyl (C=O) groups is 2. The first kappa shape index (κ1) is 27.0. The number of urea groups is 1. The van der Waals surface area contributed by atoms with Gasteiger partial charge in [-0.2, -0.15) is 0 Å². The lowest BCUT2D eigenvalue weighted by Crippen LogP contribution is -2.50. The molecule has 0 spiro atoms. The van der Waals surface area contributed by atoms with E-state index < -0.39 is 11.8 Å². The van der Waals surface area contributed by atoms with Crippen LogP contribution in [-0.2, 0) is 20.8 Å². The number of benzene rings is 2. The maximum absolute atomic E-state index is 13.2. The molecule has 3 aromatic rings. The highest BCUT2D eigenvalue weighted by Crippen LogP contribution is 2.26. The van der Waals surface area contributed by atoms with E-state index >= 15 is 0 Å². The van der Waals surface area contributed by atoms with Gasteiger partial charge < -0.3 is 14.4 Å². The van der Waals surface area contributed by atoms with Crippen LogP contribution in [0.5, 0.6) is 0 Å². The quantitative estimate of drug-likeness (QED) is 0.270. The molecule has 4 rings (SSSR count). The maximum Gasteiger partial charge on any atom is 0.323 e. The molecule has 1 saturated heterocycles. The van der Waals surface area contributed by atoms with Gasteiger partial charge in [-0.1, -0.05) is 23.7 Å². The van der Waals surface area contributed by atoms with Gasteiger partial charge in [-0.25, -0.2) is 14.8 Å². The number of aromatic nitrogens is 1. The van der Waals surface area contributed by atoms with Crippen LogP contribution >= 0.6 is 22.9 Å². The van der Waals surface area contributed by atoms with Crippen molar-refractivity contribution < 1.29 is 19.1 Å². The lowest BCUT2D eigenvalue weighted by Gasteiger charge is -2.36. The van der Waals surface area contributed by atoms with Gasteiger partial charge in [0, 0.05) is 24.5 Å². The fourth-order valence-corrected chi connectivity index (χ4v) is 4.81. The molecule has 1 N–H and O–H groups in total. The minimum absolute atomic E-state index is 0.0254. The van der Waals surface area contributed by atoms with E-state index in [1.807, 2.05) is 45.0 Å². The Morgan fingerprint density at radius 3 is 2.62 bits per heavy atom. The highest BCUT2D eigenvalue weighted by Gasteiger charge is 2.30. The van der Waals surface area contributed by atoms with Crippen molar-refractivity contribution in [2.75, 3.05) is 26.8 Å². The number of nitrogens with one attached hydrogen (secondary N) is 1. The fraction of sp³-hybridized carbons (Fsp3) is 0.385. The van der Waals surface area contributed by atoms with E-state index in [0.717, 1.165) is 20.8 Å². The van der Waals surface area contributed by atoms with Crippen molar-refractivity contribution in [3.05, 3.63) is 58.1 Å². The molecule has 1 aromatic heterocycles. The molecule has 3 amide bonds. The van der Waals surface area contributed by atoms with Crippen molar-refractivity contribution in [2.24, 2.45) is 10.9 Å². The van der Waals surface area contributed by atoms with E-state index in [1.54, 1.807) is 36.6 Å². The van der Waals surface area contributed by atoms with Crippen molar-refractivity contribution in [1.82, 2.24) is 20.1 Å². The summed E-state index contributed by atoms with van der Waals surface area (Å²) in [6.45, 7) is 7.25. The molecule has 2 heterocycles. The summed E-state index contributed by atoms with van der Waals surface area (Å²) in [6.07, 6.45) is 0.647. The summed E-state index contributed by atoms with van der Waals surface area (Å²) in [5.41, 5.74) is 2.30. The number of amides is 3. The second kappa shape index (κ2) is 11.6. The van der Waals surface area contributed by atoms with E-state index in [4.69, 9.17) is 21.1 Å². The lowest BCUT2D eigenvalue weighted by molar-refractivity contribution is -0.262. The number of nitrogens with zero attached hydrogens (tertiary/aromatic N) is 4. The second-order valence-electron chi connectivity index (χ2n) is 9.38. The highest BCUT2D eigenvalue weighted by atomic mass is 35.5. The molecule has 9 nitrogen and oxygen atoms in total. The third kappa shape index (κ3) is 7.26. The summed E-state index contributed by atoms with van der Waals surface area (Å²) in [4.78, 5) is 37.3. The molecule has 0 saturated carbocycles. The van der Waals surface area contributed by atoms with Gasteiger partial charge >= 0.3 is 6.03 Å². The van der Waals surface area contributed by atoms with Gasteiger partial charge in [0.25, 0.3) is 0 Å². The molecule has 0 unspecified atom stereocenters. The van der Waals surface area contributed by atoms with Crippen molar-refractivity contribution in [1.29, 1.82) is 0 Å². The Kier molecular flexibility index (Phi) is 8.43. The van der Waals surface area contributed by atoms with Crippen LogP contribution in [0.2, 0.25) is 5.02 Å². The number of aliphatic imine (C=N–C) groups is 1. The summed E-state index contributed by atoms with van der Waals surface area (Å²) < 4.78 is 12.4. The standard InChI is InChI=1S/C26H30ClN5O4S/c1-17-28-22-10-9-21(11-23(22)37-17)29-24(32(16-33)13-18-5-7-20(27)8-6-18)30-25(34)31(4)12-19-14-35-26(2,3)36-15-19/h5-11,16,19H,12-15H2,1-4H3,(H,29,30,34). The molecule has 0 bridgehead atoms. The average molecular weight is 544 g/mol. The van der Waals surface area contributed by atoms with E-state index in [0.29, 0.717) is 36.9 Å². The SMILES string of the molecule is Cc1nc2ccc(N=C(NC(=O)N(C)CC3COC(C)(C)OC3)N(C=O)Cc3ccc(Cl)cc3)cc2s1. The number of hydrogen-bond acceptors (Lipinski definition) is 7. The molecule has 196 valence electrons. The monoisotopic (exact) mass is 543 g/mol. The number of hydrogen-bond donors (Lipinski definition) is 1. The molecule has 1 aliphatic heterocycles. The van der Waals surface area contributed by atoms with Crippen molar-refractivity contribution in [3.63, 3.8) is 0 Å². The van der Waals surface area contributed by atoms with Gasteiger partial charge in [-0.05, 0) is 56.7 Å². The molecule has 0 atom stereocenters. The lowest BCUT2D eigenvalue weighted by atomic mass is 10.1. The van der Waals surface area contributed by atoms with Crippen LogP contribution in [0.3, 0.4) is 0 Å². The molecule has 11 heteroatoms. The summed E-state index contributed by atoms with van der Waals surface area (Å²) >= 11 is 7.56. The smallest absolute Gasteiger partial charge is 0.323 e. The zero-order valence-electron chi connectivity index (χ0n) is 21.2. The minimum Gasteiger partial charge on any atom is -0.350 e. The Bertz CT molecular complexity index is 1280. The summed E-state index contributed by atoms with van der Waals surface area (Å²) in [6, 6.07) is 12.3. The number of ether oxygens (including phenoxy) is 2. The first-order valence-electron chi connectivity index (χ1n) is 11.8. The van der Waals surface area contributed by atoms with E-state index in [2.05, 4.69) is 15.3 Å². The average Bonchev–Trinajstić information content (AvgIpc) is 3.23. The first-order chi connectivity index (χ1) is 17.6. The van der Waals surface area contributed by atoms with Gasteiger partial charge in [-0.15, -0.1) is 11.3 Å². The van der Waals surface area contributed by atoms with Crippen LogP contribution < -0.4 is 5.32 Å². The number of halogens is 1. The predicted octanol–water partition coefficient (Wildman–Crippen LogP) is 4.94. The van der Waals surface area contributed by atoms with Crippen molar-refractivity contribution in [3.8, 4) is 0 Å². The van der Waals surface area contributed by atoms with Gasteiger partial charge in [0.2, 0.25) is 12.4 Å². The highest BCUT2D eigenvalue weighted by molar-refractivity contribution is 7.18. The molecule has 2 aromatic carbocycles. The van der Waals surface area contributed by atoms with Gasteiger partial charge in [-0.3, -0.25) is 15.0 Å². The van der Waals surface area contributed by atoms with Gasteiger partial charge in [0.05, 0.1) is 40.7 Å². The zero-order valence-corrected chi connectivity index (χ0v) is 22.8. The minimum atomic E-state index is -0.624. The van der Waals surface area contributed by atoms with Crippen LogP contribution in [0.25, 0.3) is 10.2 Å². The topological polar surface area (TPSA) is 96.4 Å². The zero-order chi connectivity index (χ0) is 26.6. The summed E-state index contributed by atoms with van der Waals surface area (Å²) in [5, 5.41) is 4.36. The third-order valence-electron chi connectivity index (χ3n) is 5.81. The Labute approximate surface area is 225 Å². The van der Waals surface area contributed by atoms with Crippen LogP contribution in [0.1, 0.15) is 24.4 Å². The molecule has 37 heavy (non-hydrogen) atoms. The first-order valence-corrected chi connectivity index (χ1v) is 13.0. The van der Waals surface area contributed by atoms with E-state index in [1.165, 1.54) is 9.80 Å². The van der Waals surface area contributed by atoms with E-state index in [-0.39, 0.29) is 18.4 Å². The summed E-state index contributed by atoms with van der Waals surface area (Å²) in [5.74, 6) is -0.488. The Morgan fingerprint density at radius 1 is 1.24 bits per heavy atom. The van der Waals surface area contributed by atoms with Gasteiger partial charge in [0.1, 0.15) is 0 Å². The number of rotatable bonds is 6. The van der Waals surface area contributed by atoms with E-state index in [9.17, 15) is 9.59 Å². The molecule has 1 aliphatic rings. The largest absolute Gasteiger partial charge is 0.350 e. The Balaban J connectivity index is 1.55. The van der Waals surface area contributed by atoms with Crippen LogP contribution in [0.4, 0.5) is 10.5 Å². The summed E-state index contributed by atoms with van der Waals surface area (Å²) in [7, 11) is 1.68. The fourth-order valence-electron chi connectivity index (χ4n) is 3.83. The molecule has 0 radical (unpaired) electrons. The molecular weight excluding hydrogens is 514 g/mol. The number of guanidine groups is 1. The maximum atomic E-state index is 13.2.